The Bertz CT molecular complexity index is 1480. The van der Waals surface area contributed by atoms with Crippen molar-refractivity contribution in [3.63, 3.8) is 0 Å². The number of hydrogen-bond acceptors (Lipinski definition) is 5. The van der Waals surface area contributed by atoms with Gasteiger partial charge in [-0.25, -0.2) is 14.2 Å². The summed E-state index contributed by atoms with van der Waals surface area (Å²) >= 11 is 0. The molecule has 2 aliphatic rings. The Hall–Kier alpha value is -3.78. The summed E-state index contributed by atoms with van der Waals surface area (Å²) in [6.45, 7) is 8.36. The minimum Gasteiger partial charge on any atom is -0.481 e. The Balaban J connectivity index is 1.57. The van der Waals surface area contributed by atoms with Crippen molar-refractivity contribution in [2.45, 2.75) is 84.5 Å². The van der Waals surface area contributed by atoms with Crippen LogP contribution in [0.25, 0.3) is 11.1 Å². The van der Waals surface area contributed by atoms with Crippen LogP contribution in [0.4, 0.5) is 4.39 Å². The number of amides is 1. The lowest BCUT2D eigenvalue weighted by atomic mass is 9.72. The summed E-state index contributed by atoms with van der Waals surface area (Å²) in [5, 5.41) is 14.5. The van der Waals surface area contributed by atoms with Gasteiger partial charge in [0, 0.05) is 41.7 Å². The molecule has 0 bridgehead atoms. The van der Waals surface area contributed by atoms with E-state index in [0.29, 0.717) is 12.4 Å². The molecule has 8 heteroatoms. The van der Waals surface area contributed by atoms with Gasteiger partial charge in [0.2, 0.25) is 11.8 Å². The van der Waals surface area contributed by atoms with Crippen LogP contribution < -0.4 is 10.1 Å². The second-order valence-corrected chi connectivity index (χ2v) is 13.4. The number of carboxylic acid groups (broad SMARTS) is 1. The predicted molar refractivity (Wildman–Crippen MR) is 169 cm³/mol. The van der Waals surface area contributed by atoms with E-state index in [0.717, 1.165) is 59.9 Å². The van der Waals surface area contributed by atoms with Gasteiger partial charge < -0.3 is 20.1 Å². The number of nitrogens with zero attached hydrogens (tertiary/aromatic N) is 2. The van der Waals surface area contributed by atoms with Crippen LogP contribution in [-0.4, -0.2) is 46.1 Å². The highest BCUT2D eigenvalue weighted by Gasteiger charge is 2.58. The fraction of sp³-hybridized carbons (Fsp3) is 0.472. The monoisotopic (exact) mass is 601 g/mol. The number of ether oxygens (including phenoxy) is 1. The number of halogens is 1. The number of nitrogens with one attached hydrogen (secondary N) is 1. The summed E-state index contributed by atoms with van der Waals surface area (Å²) in [4.78, 5) is 33.7. The summed E-state index contributed by atoms with van der Waals surface area (Å²) < 4.78 is 19.5. The molecule has 1 amide bonds. The van der Waals surface area contributed by atoms with Crippen molar-refractivity contribution >= 4 is 11.9 Å². The molecule has 7 nitrogen and oxygen atoms in total. The fourth-order valence-corrected chi connectivity index (χ4v) is 7.42. The van der Waals surface area contributed by atoms with E-state index in [1.54, 1.807) is 24.3 Å². The first kappa shape index (κ1) is 31.6. The number of carbonyl (C=O) groups excluding carboxylic acids is 1. The molecule has 0 radical (unpaired) electrons. The van der Waals surface area contributed by atoms with Crippen molar-refractivity contribution in [3.05, 3.63) is 83.3 Å². The van der Waals surface area contributed by atoms with E-state index in [-0.39, 0.29) is 29.6 Å². The van der Waals surface area contributed by atoms with E-state index in [2.05, 4.69) is 31.1 Å². The molecule has 1 aliphatic heterocycles. The first-order valence-corrected chi connectivity index (χ1v) is 15.6. The lowest BCUT2D eigenvalue weighted by Crippen LogP contribution is -2.49. The minimum absolute atomic E-state index is 0.0578. The molecule has 234 valence electrons. The number of methoxy groups -OCH3 is 1. The van der Waals surface area contributed by atoms with E-state index >= 15 is 0 Å². The number of aliphatic carboxylic acids is 1. The largest absolute Gasteiger partial charge is 0.481 e. The summed E-state index contributed by atoms with van der Waals surface area (Å²) in [7, 11) is 1.57. The van der Waals surface area contributed by atoms with Crippen LogP contribution in [0.1, 0.15) is 75.6 Å². The molecule has 4 atom stereocenters. The molecule has 0 unspecified atom stereocenters. The van der Waals surface area contributed by atoms with E-state index < -0.39 is 23.5 Å². The molecule has 1 saturated heterocycles. The lowest BCUT2D eigenvalue weighted by Gasteiger charge is -2.36. The molecule has 1 aromatic heterocycles. The summed E-state index contributed by atoms with van der Waals surface area (Å²) in [5.74, 6) is -1.44. The van der Waals surface area contributed by atoms with E-state index in [4.69, 9.17) is 4.74 Å². The average Bonchev–Trinajstić information content (AvgIpc) is 3.36. The molecule has 0 spiro atoms. The van der Waals surface area contributed by atoms with Crippen LogP contribution in [-0.2, 0) is 16.1 Å². The number of pyridine rings is 1. The number of carboxylic acids is 1. The van der Waals surface area contributed by atoms with Crippen LogP contribution in [0.5, 0.6) is 5.88 Å². The lowest BCUT2D eigenvalue weighted by molar-refractivity contribution is -0.154. The average molecular weight is 602 g/mol. The van der Waals surface area contributed by atoms with Crippen LogP contribution in [0.2, 0.25) is 0 Å². The van der Waals surface area contributed by atoms with Gasteiger partial charge in [0.15, 0.2) is 0 Å². The zero-order valence-corrected chi connectivity index (χ0v) is 26.3. The highest BCUT2D eigenvalue weighted by Crippen LogP contribution is 2.49. The van der Waals surface area contributed by atoms with Crippen LogP contribution in [0, 0.1) is 30.0 Å². The maximum atomic E-state index is 14.3. The summed E-state index contributed by atoms with van der Waals surface area (Å²) in [6, 6.07) is 14.6. The summed E-state index contributed by atoms with van der Waals surface area (Å²) in [5.41, 5.74) is 3.75. The van der Waals surface area contributed by atoms with Crippen LogP contribution >= 0.6 is 0 Å². The molecular formula is C36H44FN3O4. The quantitative estimate of drug-likeness (QED) is 0.291. The normalized spacial score (nSPS) is 22.6. The highest BCUT2D eigenvalue weighted by atomic mass is 19.1. The van der Waals surface area contributed by atoms with Crippen molar-refractivity contribution in [2.75, 3.05) is 7.11 Å². The topological polar surface area (TPSA) is 91.8 Å². The molecule has 1 saturated carbocycles. The molecule has 2 aromatic carbocycles. The van der Waals surface area contributed by atoms with Gasteiger partial charge in [-0.2, -0.15) is 0 Å². The second-order valence-electron chi connectivity index (χ2n) is 13.4. The zero-order valence-electron chi connectivity index (χ0n) is 26.3. The van der Waals surface area contributed by atoms with Crippen molar-refractivity contribution in [3.8, 4) is 17.0 Å². The van der Waals surface area contributed by atoms with Crippen molar-refractivity contribution in [1.29, 1.82) is 0 Å². The van der Waals surface area contributed by atoms with E-state index in [1.807, 2.05) is 43.3 Å². The second kappa shape index (κ2) is 13.1. The van der Waals surface area contributed by atoms with Crippen molar-refractivity contribution < 1.29 is 23.8 Å². The summed E-state index contributed by atoms with van der Waals surface area (Å²) in [6.07, 6.45) is 6.38. The van der Waals surface area contributed by atoms with Gasteiger partial charge in [-0.15, -0.1) is 0 Å². The maximum absolute atomic E-state index is 14.3. The van der Waals surface area contributed by atoms with Crippen LogP contribution in [0.3, 0.4) is 0 Å². The van der Waals surface area contributed by atoms with Gasteiger partial charge in [-0.3, -0.25) is 4.79 Å². The van der Waals surface area contributed by atoms with Gasteiger partial charge in [0.1, 0.15) is 11.9 Å². The Morgan fingerprint density at radius 3 is 2.39 bits per heavy atom. The fourth-order valence-electron chi connectivity index (χ4n) is 7.42. The van der Waals surface area contributed by atoms with Gasteiger partial charge in [-0.1, -0.05) is 76.4 Å². The van der Waals surface area contributed by atoms with Crippen LogP contribution in [0.15, 0.2) is 60.8 Å². The number of benzene rings is 2. The Labute approximate surface area is 259 Å². The first-order chi connectivity index (χ1) is 21.0. The van der Waals surface area contributed by atoms with Gasteiger partial charge in [-0.05, 0) is 60.1 Å². The Morgan fingerprint density at radius 1 is 1.07 bits per heavy atom. The number of carbonyl (C=O) groups is 2. The number of aryl methyl sites for hydroxylation is 1. The minimum atomic E-state index is -0.986. The molecule has 44 heavy (non-hydrogen) atoms. The third-order valence-corrected chi connectivity index (χ3v) is 9.42. The highest BCUT2D eigenvalue weighted by molar-refractivity contribution is 5.87. The molecule has 1 aliphatic carbocycles. The van der Waals surface area contributed by atoms with Gasteiger partial charge in [0.25, 0.3) is 0 Å². The molecule has 3 aromatic rings. The zero-order chi connectivity index (χ0) is 31.6. The molecular weight excluding hydrogens is 557 g/mol. The molecule has 5 rings (SSSR count). The molecule has 2 N–H and O–H groups in total. The third-order valence-electron chi connectivity index (χ3n) is 9.42. The number of likely N-dealkylation sites (tertiary alicyclic amines) is 1. The van der Waals surface area contributed by atoms with Crippen molar-refractivity contribution in [1.82, 2.24) is 15.2 Å². The maximum Gasteiger partial charge on any atom is 0.326 e. The number of hydrogen-bond donors (Lipinski definition) is 2. The Kier molecular flexibility index (Phi) is 9.39. The van der Waals surface area contributed by atoms with E-state index in [9.17, 15) is 19.1 Å². The SMILES string of the molecule is COc1ncc(-c2ccc(F)cc2C)cc1CN[C@H]1[C@H](C(C)(C)C)[C@@H](C(=O)O)N(C(=O)C2CCCCC2)[C@H]1c1ccccc1. The molecule has 2 fully saturated rings. The standard InChI is InChI=1S/C36H44FN3O4/c1-22-18-27(37)16-17-28(22)25-19-26(33(44-5)39-20-25)21-38-30-29(36(2,3)4)32(35(42)43)40(31(30)23-12-8-6-9-13-23)34(41)24-14-10-7-11-15-24/h6,8-9,12-13,16-20,24,29-32,38H,7,10-11,14-15,21H2,1-5H3,(H,42,43)/t29-,30-,31-,32-/m0/s1. The smallest absolute Gasteiger partial charge is 0.326 e. The molecule has 2 heterocycles. The third kappa shape index (κ3) is 6.36. The van der Waals surface area contributed by atoms with Gasteiger partial charge in [0.05, 0.1) is 13.2 Å². The van der Waals surface area contributed by atoms with Gasteiger partial charge >= 0.3 is 5.97 Å². The first-order valence-electron chi connectivity index (χ1n) is 15.6. The number of rotatable bonds is 8. The Morgan fingerprint density at radius 2 is 1.77 bits per heavy atom. The predicted octanol–water partition coefficient (Wildman–Crippen LogP) is 6.94. The van der Waals surface area contributed by atoms with Crippen molar-refractivity contribution in [2.24, 2.45) is 17.3 Å². The number of aromatic nitrogens is 1. The van der Waals surface area contributed by atoms with E-state index in [1.165, 1.54) is 12.1 Å².